The number of para-hydroxylation sites is 1. The minimum absolute atomic E-state index is 0.0947. The lowest BCUT2D eigenvalue weighted by molar-refractivity contribution is -0.116. The van der Waals surface area contributed by atoms with Crippen molar-refractivity contribution in [3.63, 3.8) is 0 Å². The molecule has 7 heteroatoms. The molecule has 0 fully saturated rings. The molecular weight excluding hydrogens is 388 g/mol. The molecule has 156 valence electrons. The van der Waals surface area contributed by atoms with E-state index in [1.807, 2.05) is 31.2 Å². The first-order valence-electron chi connectivity index (χ1n) is 9.42. The summed E-state index contributed by atoms with van der Waals surface area (Å²) in [5.74, 6) is 0.371. The van der Waals surface area contributed by atoms with Crippen molar-refractivity contribution in [3.05, 3.63) is 65.7 Å². The number of carbonyl (C=O) groups excluding carboxylic acids is 1. The molecule has 0 aromatic heterocycles. The lowest BCUT2D eigenvalue weighted by Gasteiger charge is -2.21. The van der Waals surface area contributed by atoms with E-state index in [-0.39, 0.29) is 17.3 Å². The first-order chi connectivity index (χ1) is 13.6. The number of ether oxygens (including phenoxy) is 1. The topological polar surface area (TPSA) is 84.5 Å². The van der Waals surface area contributed by atoms with E-state index in [4.69, 9.17) is 4.74 Å². The first kappa shape index (κ1) is 22.6. The number of hydrogen-bond acceptors (Lipinski definition) is 4. The zero-order chi connectivity index (χ0) is 21.5. The number of nitrogens with one attached hydrogen (secondary N) is 2. The molecular formula is C22H28N2O4S. The molecule has 0 bridgehead atoms. The van der Waals surface area contributed by atoms with E-state index < -0.39 is 15.6 Å². The van der Waals surface area contributed by atoms with Crippen LogP contribution in [-0.2, 0) is 21.4 Å². The number of rotatable bonds is 8. The van der Waals surface area contributed by atoms with Crippen molar-refractivity contribution in [2.24, 2.45) is 0 Å². The summed E-state index contributed by atoms with van der Waals surface area (Å²) in [5, 5.41) is 2.74. The van der Waals surface area contributed by atoms with E-state index in [9.17, 15) is 13.2 Å². The SMILES string of the molecule is CCOc1ccccc1/C=C/C(=O)NCc1ccccc1S(=O)(=O)NC(C)(C)C. The second-order valence-corrected chi connectivity index (χ2v) is 9.14. The molecule has 2 aromatic rings. The van der Waals surface area contributed by atoms with E-state index in [0.29, 0.717) is 17.9 Å². The molecule has 2 N–H and O–H groups in total. The lowest BCUT2D eigenvalue weighted by atomic mass is 10.1. The van der Waals surface area contributed by atoms with Crippen LogP contribution in [0.5, 0.6) is 5.75 Å². The summed E-state index contributed by atoms with van der Waals surface area (Å²) in [6, 6.07) is 14.0. The van der Waals surface area contributed by atoms with Gasteiger partial charge in [0.05, 0.1) is 11.5 Å². The third-order valence-electron chi connectivity index (χ3n) is 3.79. The zero-order valence-corrected chi connectivity index (χ0v) is 18.0. The fraction of sp³-hybridized carbons (Fsp3) is 0.318. The van der Waals surface area contributed by atoms with Gasteiger partial charge in [0.25, 0.3) is 0 Å². The van der Waals surface area contributed by atoms with Crippen molar-refractivity contribution in [2.75, 3.05) is 6.61 Å². The zero-order valence-electron chi connectivity index (χ0n) is 17.2. The fourth-order valence-corrected chi connectivity index (χ4v) is 4.34. The Morgan fingerprint density at radius 3 is 2.41 bits per heavy atom. The Labute approximate surface area is 173 Å². The van der Waals surface area contributed by atoms with Crippen LogP contribution < -0.4 is 14.8 Å². The molecule has 0 aliphatic heterocycles. The second-order valence-electron chi connectivity index (χ2n) is 7.49. The number of carbonyl (C=O) groups is 1. The normalized spacial score (nSPS) is 12.1. The maximum atomic E-state index is 12.7. The van der Waals surface area contributed by atoms with Gasteiger partial charge in [-0.05, 0) is 51.5 Å². The molecule has 1 amide bonds. The van der Waals surface area contributed by atoms with Gasteiger partial charge in [0, 0.05) is 23.7 Å². The monoisotopic (exact) mass is 416 g/mol. The highest BCUT2D eigenvalue weighted by molar-refractivity contribution is 7.89. The predicted molar refractivity (Wildman–Crippen MR) is 115 cm³/mol. The van der Waals surface area contributed by atoms with Crippen LogP contribution in [0.3, 0.4) is 0 Å². The summed E-state index contributed by atoms with van der Waals surface area (Å²) in [7, 11) is -3.70. The highest BCUT2D eigenvalue weighted by atomic mass is 32.2. The summed E-state index contributed by atoms with van der Waals surface area (Å²) in [6.45, 7) is 7.86. The van der Waals surface area contributed by atoms with Gasteiger partial charge in [-0.2, -0.15) is 0 Å². The smallest absolute Gasteiger partial charge is 0.244 e. The highest BCUT2D eigenvalue weighted by Gasteiger charge is 2.24. The molecule has 6 nitrogen and oxygen atoms in total. The fourth-order valence-electron chi connectivity index (χ4n) is 2.68. The lowest BCUT2D eigenvalue weighted by Crippen LogP contribution is -2.41. The van der Waals surface area contributed by atoms with Crippen LogP contribution in [0, 0.1) is 0 Å². The van der Waals surface area contributed by atoms with Gasteiger partial charge in [-0.15, -0.1) is 0 Å². The Kier molecular flexibility index (Phi) is 7.59. The molecule has 2 rings (SSSR count). The molecule has 0 aliphatic carbocycles. The Hall–Kier alpha value is -2.64. The highest BCUT2D eigenvalue weighted by Crippen LogP contribution is 2.20. The summed E-state index contributed by atoms with van der Waals surface area (Å²) in [5.41, 5.74) is 0.703. The van der Waals surface area contributed by atoms with Crippen LogP contribution in [0.4, 0.5) is 0 Å². The van der Waals surface area contributed by atoms with E-state index in [0.717, 1.165) is 5.56 Å². The van der Waals surface area contributed by atoms with E-state index in [1.54, 1.807) is 45.0 Å². The molecule has 2 aromatic carbocycles. The minimum atomic E-state index is -3.70. The van der Waals surface area contributed by atoms with Crippen molar-refractivity contribution < 1.29 is 17.9 Å². The van der Waals surface area contributed by atoms with E-state index in [2.05, 4.69) is 10.0 Å². The predicted octanol–water partition coefficient (Wildman–Crippen LogP) is 3.49. The van der Waals surface area contributed by atoms with Gasteiger partial charge < -0.3 is 10.1 Å². The van der Waals surface area contributed by atoms with Gasteiger partial charge in [-0.1, -0.05) is 36.4 Å². The second kappa shape index (κ2) is 9.71. The third kappa shape index (κ3) is 7.03. The number of amides is 1. The standard InChI is InChI=1S/C22H28N2O4S/c1-5-28-19-12-8-6-10-17(19)14-15-21(25)23-16-18-11-7-9-13-20(18)29(26,27)24-22(2,3)4/h6-15,24H,5,16H2,1-4H3,(H,23,25)/b15-14+. The van der Waals surface area contributed by atoms with Crippen LogP contribution in [0.1, 0.15) is 38.8 Å². The van der Waals surface area contributed by atoms with E-state index in [1.165, 1.54) is 12.1 Å². The Bertz CT molecular complexity index is 976. The molecule has 0 unspecified atom stereocenters. The van der Waals surface area contributed by atoms with Crippen molar-refractivity contribution in [2.45, 2.75) is 44.7 Å². The van der Waals surface area contributed by atoms with Gasteiger partial charge in [0.1, 0.15) is 5.75 Å². The quantitative estimate of drug-likeness (QED) is 0.645. The van der Waals surface area contributed by atoms with Crippen LogP contribution in [0.25, 0.3) is 6.08 Å². The van der Waals surface area contributed by atoms with Gasteiger partial charge in [0.2, 0.25) is 15.9 Å². The van der Waals surface area contributed by atoms with Crippen molar-refractivity contribution in [1.82, 2.24) is 10.0 Å². The van der Waals surface area contributed by atoms with Crippen molar-refractivity contribution in [3.8, 4) is 5.75 Å². The van der Waals surface area contributed by atoms with Gasteiger partial charge in [-0.25, -0.2) is 13.1 Å². The molecule has 0 saturated heterocycles. The number of sulfonamides is 1. The van der Waals surface area contributed by atoms with Crippen LogP contribution >= 0.6 is 0 Å². The largest absolute Gasteiger partial charge is 0.493 e. The molecule has 0 spiro atoms. The first-order valence-corrected chi connectivity index (χ1v) is 10.9. The van der Waals surface area contributed by atoms with E-state index >= 15 is 0 Å². The Morgan fingerprint density at radius 2 is 1.72 bits per heavy atom. The Morgan fingerprint density at radius 1 is 1.07 bits per heavy atom. The maximum Gasteiger partial charge on any atom is 0.244 e. The van der Waals surface area contributed by atoms with Gasteiger partial charge in [0.15, 0.2) is 0 Å². The van der Waals surface area contributed by atoms with Crippen LogP contribution in [0.2, 0.25) is 0 Å². The molecule has 0 saturated carbocycles. The third-order valence-corrected chi connectivity index (χ3v) is 5.65. The molecule has 0 heterocycles. The summed E-state index contributed by atoms with van der Waals surface area (Å²) >= 11 is 0. The maximum absolute atomic E-state index is 12.7. The molecule has 29 heavy (non-hydrogen) atoms. The van der Waals surface area contributed by atoms with Crippen LogP contribution in [-0.4, -0.2) is 26.5 Å². The summed E-state index contributed by atoms with van der Waals surface area (Å²) in [6.07, 6.45) is 3.08. The molecule has 0 atom stereocenters. The minimum Gasteiger partial charge on any atom is -0.493 e. The molecule has 0 aliphatic rings. The van der Waals surface area contributed by atoms with Gasteiger partial charge in [-0.3, -0.25) is 4.79 Å². The Balaban J connectivity index is 2.10. The summed E-state index contributed by atoms with van der Waals surface area (Å²) in [4.78, 5) is 12.4. The average molecular weight is 417 g/mol. The van der Waals surface area contributed by atoms with Crippen molar-refractivity contribution in [1.29, 1.82) is 0 Å². The molecule has 0 radical (unpaired) electrons. The number of benzene rings is 2. The summed E-state index contributed by atoms with van der Waals surface area (Å²) < 4.78 is 33.5. The van der Waals surface area contributed by atoms with Crippen LogP contribution in [0.15, 0.2) is 59.5 Å². The van der Waals surface area contributed by atoms with Gasteiger partial charge >= 0.3 is 0 Å². The number of hydrogen-bond donors (Lipinski definition) is 2. The average Bonchev–Trinajstić information content (AvgIpc) is 2.64. The van der Waals surface area contributed by atoms with Crippen molar-refractivity contribution >= 4 is 22.0 Å².